The Kier molecular flexibility index (Phi) is 6.34. The SMILES string of the molecule is O=S1(=O)CC[C@H](N(CCCN2CCOCC2)S(=O)(=O)c2ccccc2)C1. The van der Waals surface area contributed by atoms with E-state index in [4.69, 9.17) is 4.74 Å². The lowest BCUT2D eigenvalue weighted by atomic mass is 10.2. The van der Waals surface area contributed by atoms with Gasteiger partial charge in [0.25, 0.3) is 0 Å². The van der Waals surface area contributed by atoms with Crippen molar-refractivity contribution < 1.29 is 21.6 Å². The molecule has 1 aromatic rings. The quantitative estimate of drug-likeness (QED) is 0.664. The van der Waals surface area contributed by atoms with Crippen LogP contribution >= 0.6 is 0 Å². The standard InChI is InChI=1S/C17H26N2O5S2/c20-25(21)14-7-16(15-25)19(9-4-8-18-10-12-24-13-11-18)26(22,23)17-5-2-1-3-6-17/h1-3,5-6,16H,4,7-15H2/t16-/m0/s1. The maximum absolute atomic E-state index is 13.1. The first kappa shape index (κ1) is 19.8. The molecule has 9 heteroatoms. The number of sulfonamides is 1. The molecule has 0 bridgehead atoms. The lowest BCUT2D eigenvalue weighted by Gasteiger charge is -2.30. The number of morpholine rings is 1. The molecular weight excluding hydrogens is 376 g/mol. The number of hydrogen-bond donors (Lipinski definition) is 0. The van der Waals surface area contributed by atoms with E-state index in [-0.39, 0.29) is 16.4 Å². The molecule has 0 amide bonds. The number of nitrogens with zero attached hydrogens (tertiary/aromatic N) is 2. The van der Waals surface area contributed by atoms with Gasteiger partial charge in [-0.1, -0.05) is 18.2 Å². The summed E-state index contributed by atoms with van der Waals surface area (Å²) in [6.07, 6.45) is 1.04. The van der Waals surface area contributed by atoms with Crippen molar-refractivity contribution in [2.45, 2.75) is 23.8 Å². The fourth-order valence-electron chi connectivity index (χ4n) is 3.50. The summed E-state index contributed by atoms with van der Waals surface area (Å²) >= 11 is 0. The van der Waals surface area contributed by atoms with Gasteiger partial charge in [0.15, 0.2) is 9.84 Å². The van der Waals surface area contributed by atoms with Crippen molar-refractivity contribution >= 4 is 19.9 Å². The van der Waals surface area contributed by atoms with Crippen molar-refractivity contribution in [1.29, 1.82) is 0 Å². The second kappa shape index (κ2) is 8.35. The van der Waals surface area contributed by atoms with Crippen molar-refractivity contribution in [3.8, 4) is 0 Å². The first-order valence-corrected chi connectivity index (χ1v) is 12.2. The summed E-state index contributed by atoms with van der Waals surface area (Å²) in [6, 6.07) is 7.78. The highest BCUT2D eigenvalue weighted by Crippen LogP contribution is 2.25. The minimum Gasteiger partial charge on any atom is -0.379 e. The molecule has 0 N–H and O–H groups in total. The molecular formula is C17H26N2O5S2. The third-order valence-electron chi connectivity index (χ3n) is 4.92. The molecule has 1 aromatic carbocycles. The topological polar surface area (TPSA) is 84.0 Å². The molecule has 0 radical (unpaired) electrons. The Balaban J connectivity index is 1.73. The van der Waals surface area contributed by atoms with Gasteiger partial charge in [0, 0.05) is 25.7 Å². The summed E-state index contributed by atoms with van der Waals surface area (Å²) in [6.45, 7) is 4.21. The van der Waals surface area contributed by atoms with Crippen LogP contribution in [-0.2, 0) is 24.6 Å². The molecule has 3 rings (SSSR count). The summed E-state index contributed by atoms with van der Waals surface area (Å²) in [5, 5.41) is 0. The Morgan fingerprint density at radius 3 is 2.46 bits per heavy atom. The molecule has 26 heavy (non-hydrogen) atoms. The van der Waals surface area contributed by atoms with Crippen LogP contribution in [0.5, 0.6) is 0 Å². The van der Waals surface area contributed by atoms with E-state index in [1.165, 1.54) is 4.31 Å². The molecule has 7 nitrogen and oxygen atoms in total. The zero-order valence-corrected chi connectivity index (χ0v) is 16.4. The van der Waals surface area contributed by atoms with Gasteiger partial charge in [-0.3, -0.25) is 4.90 Å². The summed E-state index contributed by atoms with van der Waals surface area (Å²) in [4.78, 5) is 2.47. The first-order chi connectivity index (χ1) is 12.4. The van der Waals surface area contributed by atoms with Gasteiger partial charge >= 0.3 is 0 Å². The normalized spacial score (nSPS) is 24.1. The maximum Gasteiger partial charge on any atom is 0.243 e. The second-order valence-electron chi connectivity index (χ2n) is 6.79. The number of hydrogen-bond acceptors (Lipinski definition) is 6. The Morgan fingerprint density at radius 1 is 1.15 bits per heavy atom. The zero-order chi connectivity index (χ0) is 18.6. The van der Waals surface area contributed by atoms with Gasteiger partial charge in [-0.25, -0.2) is 16.8 Å². The Hall–Kier alpha value is -1.00. The smallest absolute Gasteiger partial charge is 0.243 e. The molecule has 2 aliphatic heterocycles. The number of sulfone groups is 1. The summed E-state index contributed by atoms with van der Waals surface area (Å²) in [5.74, 6) is -0.0292. The zero-order valence-electron chi connectivity index (χ0n) is 14.8. The average molecular weight is 403 g/mol. The monoisotopic (exact) mass is 402 g/mol. The first-order valence-electron chi connectivity index (χ1n) is 8.96. The highest BCUT2D eigenvalue weighted by Gasteiger charge is 2.38. The number of rotatable bonds is 7. The van der Waals surface area contributed by atoms with E-state index in [2.05, 4.69) is 4.90 Å². The molecule has 0 saturated carbocycles. The number of benzene rings is 1. The number of ether oxygens (including phenoxy) is 1. The summed E-state index contributed by atoms with van der Waals surface area (Å²) in [5.41, 5.74) is 0. The average Bonchev–Trinajstić information content (AvgIpc) is 2.99. The van der Waals surface area contributed by atoms with Crippen LogP contribution in [0.25, 0.3) is 0 Å². The lowest BCUT2D eigenvalue weighted by molar-refractivity contribution is 0.0367. The summed E-state index contributed by atoms with van der Waals surface area (Å²) in [7, 11) is -6.87. The summed E-state index contributed by atoms with van der Waals surface area (Å²) < 4.78 is 56.7. The van der Waals surface area contributed by atoms with Crippen LogP contribution < -0.4 is 0 Å². The Bertz CT molecular complexity index is 790. The Morgan fingerprint density at radius 2 is 1.85 bits per heavy atom. The van der Waals surface area contributed by atoms with Gasteiger partial charge in [0.2, 0.25) is 10.0 Å². The van der Waals surface area contributed by atoms with Crippen LogP contribution in [0.4, 0.5) is 0 Å². The van der Waals surface area contributed by atoms with E-state index in [9.17, 15) is 16.8 Å². The van der Waals surface area contributed by atoms with E-state index in [1.54, 1.807) is 30.3 Å². The predicted octanol–water partition coefficient (Wildman–Crippen LogP) is 0.587. The molecule has 0 unspecified atom stereocenters. The van der Waals surface area contributed by atoms with Crippen molar-refractivity contribution in [2.24, 2.45) is 0 Å². The fourth-order valence-corrected chi connectivity index (χ4v) is 7.04. The van der Waals surface area contributed by atoms with Gasteiger partial charge < -0.3 is 4.74 Å². The van der Waals surface area contributed by atoms with Gasteiger partial charge in [0.05, 0.1) is 29.6 Å². The second-order valence-corrected chi connectivity index (χ2v) is 10.9. The highest BCUT2D eigenvalue weighted by atomic mass is 32.2. The molecule has 2 aliphatic rings. The van der Waals surface area contributed by atoms with Crippen LogP contribution in [0.15, 0.2) is 35.2 Å². The van der Waals surface area contributed by atoms with Crippen LogP contribution in [0.1, 0.15) is 12.8 Å². The third kappa shape index (κ3) is 4.83. The van der Waals surface area contributed by atoms with E-state index in [0.717, 1.165) is 19.6 Å². The van der Waals surface area contributed by atoms with Crippen LogP contribution in [0.2, 0.25) is 0 Å². The molecule has 146 valence electrons. The van der Waals surface area contributed by atoms with E-state index >= 15 is 0 Å². The lowest BCUT2D eigenvalue weighted by Crippen LogP contribution is -2.43. The predicted molar refractivity (Wildman–Crippen MR) is 99.3 cm³/mol. The third-order valence-corrected chi connectivity index (χ3v) is 8.64. The Labute approximate surface area is 155 Å². The minimum absolute atomic E-state index is 0.0575. The molecule has 0 spiro atoms. The van der Waals surface area contributed by atoms with Gasteiger partial charge in [-0.2, -0.15) is 4.31 Å². The van der Waals surface area contributed by atoms with Gasteiger partial charge in [0.1, 0.15) is 0 Å². The molecule has 1 atom stereocenters. The molecule has 2 heterocycles. The molecule has 0 aliphatic carbocycles. The van der Waals surface area contributed by atoms with Crippen molar-refractivity contribution in [1.82, 2.24) is 9.21 Å². The van der Waals surface area contributed by atoms with E-state index in [0.29, 0.717) is 32.6 Å². The molecule has 2 saturated heterocycles. The van der Waals surface area contributed by atoms with Crippen molar-refractivity contribution in [3.63, 3.8) is 0 Å². The van der Waals surface area contributed by atoms with Gasteiger partial charge in [-0.15, -0.1) is 0 Å². The van der Waals surface area contributed by atoms with Gasteiger partial charge in [-0.05, 0) is 31.5 Å². The minimum atomic E-state index is -3.71. The van der Waals surface area contributed by atoms with E-state index in [1.807, 2.05) is 0 Å². The molecule has 0 aromatic heterocycles. The largest absolute Gasteiger partial charge is 0.379 e. The maximum atomic E-state index is 13.1. The fraction of sp³-hybridized carbons (Fsp3) is 0.647. The van der Waals surface area contributed by atoms with Crippen LogP contribution in [0, 0.1) is 0 Å². The highest BCUT2D eigenvalue weighted by molar-refractivity contribution is 7.92. The van der Waals surface area contributed by atoms with Crippen molar-refractivity contribution in [2.75, 3.05) is 50.9 Å². The van der Waals surface area contributed by atoms with Crippen LogP contribution in [-0.4, -0.2) is 83.0 Å². The van der Waals surface area contributed by atoms with E-state index < -0.39 is 25.9 Å². The van der Waals surface area contributed by atoms with Crippen molar-refractivity contribution in [3.05, 3.63) is 30.3 Å². The van der Waals surface area contributed by atoms with Crippen LogP contribution in [0.3, 0.4) is 0 Å². The molecule has 2 fully saturated rings.